The van der Waals surface area contributed by atoms with E-state index in [0.717, 1.165) is 5.56 Å². The molecule has 0 aromatic heterocycles. The van der Waals surface area contributed by atoms with Crippen molar-refractivity contribution in [3.05, 3.63) is 83.9 Å². The summed E-state index contributed by atoms with van der Waals surface area (Å²) in [6, 6.07) is 20.9. The first-order chi connectivity index (χ1) is 15.5. The van der Waals surface area contributed by atoms with Gasteiger partial charge in [0.25, 0.3) is 15.9 Å². The zero-order chi connectivity index (χ0) is 22.1. The number of rotatable bonds is 5. The first kappa shape index (κ1) is 20.4. The molecule has 1 atom stereocenters. The molecule has 0 saturated heterocycles. The van der Waals surface area contributed by atoms with Crippen LogP contribution in [0.1, 0.15) is 15.9 Å². The first-order valence-electron chi connectivity index (χ1n) is 10.4. The van der Waals surface area contributed by atoms with Crippen LogP contribution < -0.4 is 19.1 Å². The van der Waals surface area contributed by atoms with E-state index in [1.165, 1.54) is 16.4 Å². The molecule has 3 aromatic carbocycles. The number of ether oxygens (including phenoxy) is 2. The topological polar surface area (TPSA) is 84.9 Å². The number of hydrogen-bond donors (Lipinski definition) is 1. The van der Waals surface area contributed by atoms with Gasteiger partial charge in [0.05, 0.1) is 17.1 Å². The van der Waals surface area contributed by atoms with Gasteiger partial charge in [-0.05, 0) is 48.4 Å². The summed E-state index contributed by atoms with van der Waals surface area (Å²) in [6.07, 6.45) is 0.337. The average molecular weight is 451 g/mol. The van der Waals surface area contributed by atoms with Gasteiger partial charge >= 0.3 is 0 Å². The van der Waals surface area contributed by atoms with Gasteiger partial charge in [-0.3, -0.25) is 9.10 Å². The Bertz CT molecular complexity index is 1270. The molecule has 1 N–H and O–H groups in total. The molecule has 8 heteroatoms. The van der Waals surface area contributed by atoms with E-state index in [0.29, 0.717) is 36.8 Å². The lowest BCUT2D eigenvalue weighted by Crippen LogP contribution is -2.40. The summed E-state index contributed by atoms with van der Waals surface area (Å²) in [5, 5.41) is 2.81. The summed E-state index contributed by atoms with van der Waals surface area (Å²) in [5.41, 5.74) is 1.97. The van der Waals surface area contributed by atoms with Gasteiger partial charge in [-0.25, -0.2) is 8.42 Å². The van der Waals surface area contributed by atoms with E-state index < -0.39 is 10.0 Å². The van der Waals surface area contributed by atoms with Crippen LogP contribution in [0.5, 0.6) is 11.5 Å². The fraction of sp³-hybridized carbons (Fsp3) is 0.208. The third-order valence-electron chi connectivity index (χ3n) is 5.59. The largest absolute Gasteiger partial charge is 0.486 e. The number of anilines is 1. The van der Waals surface area contributed by atoms with Gasteiger partial charge in [-0.2, -0.15) is 0 Å². The van der Waals surface area contributed by atoms with Crippen LogP contribution in [0.2, 0.25) is 0 Å². The summed E-state index contributed by atoms with van der Waals surface area (Å²) in [5.74, 6) is 0.944. The Labute approximate surface area is 186 Å². The second kappa shape index (κ2) is 8.20. The molecule has 3 aromatic rings. The molecule has 0 spiro atoms. The van der Waals surface area contributed by atoms with Crippen LogP contribution in [0.4, 0.5) is 5.69 Å². The lowest BCUT2D eigenvalue weighted by molar-refractivity contribution is 0.0789. The van der Waals surface area contributed by atoms with Crippen molar-refractivity contribution >= 4 is 21.6 Å². The van der Waals surface area contributed by atoms with Gasteiger partial charge < -0.3 is 14.8 Å². The molecule has 7 nitrogen and oxygen atoms in total. The van der Waals surface area contributed by atoms with Crippen molar-refractivity contribution in [3.8, 4) is 11.5 Å². The van der Waals surface area contributed by atoms with E-state index in [4.69, 9.17) is 9.47 Å². The molecule has 2 aliphatic heterocycles. The maximum atomic E-state index is 13.3. The number of carbonyl (C=O) groups excluding carboxylic acids is 1. The molecule has 0 radical (unpaired) electrons. The predicted octanol–water partition coefficient (Wildman–Crippen LogP) is 3.01. The Morgan fingerprint density at radius 2 is 1.78 bits per heavy atom. The van der Waals surface area contributed by atoms with E-state index in [9.17, 15) is 13.2 Å². The van der Waals surface area contributed by atoms with E-state index in [1.54, 1.807) is 18.2 Å². The predicted molar refractivity (Wildman–Crippen MR) is 120 cm³/mol. The van der Waals surface area contributed by atoms with E-state index in [1.807, 2.05) is 42.5 Å². The van der Waals surface area contributed by atoms with Crippen molar-refractivity contribution in [2.45, 2.75) is 17.4 Å². The molecule has 164 valence electrons. The summed E-state index contributed by atoms with van der Waals surface area (Å²) in [6.45, 7) is 0.947. The number of fused-ring (bicyclic) bond motifs is 2. The Morgan fingerprint density at radius 3 is 2.66 bits per heavy atom. The standard InChI is InChI=1S/C24H22N2O5S/c27-24(25-15-19-16-30-22-10-3-4-11-23(22)31-19)18-7-5-8-20(14-18)32(28,29)26-13-12-17-6-1-2-9-21(17)26/h1-11,14,19H,12-13,15-16H2,(H,25,27)/t19-/m0/s1. The second-order valence-electron chi connectivity index (χ2n) is 7.69. The van der Waals surface area contributed by atoms with E-state index in [2.05, 4.69) is 5.32 Å². The quantitative estimate of drug-likeness (QED) is 0.646. The Morgan fingerprint density at radius 1 is 1.00 bits per heavy atom. The van der Waals surface area contributed by atoms with Crippen molar-refractivity contribution in [2.24, 2.45) is 0 Å². The van der Waals surface area contributed by atoms with Crippen LogP contribution in [0.25, 0.3) is 0 Å². The lowest BCUT2D eigenvalue weighted by Gasteiger charge is -2.26. The normalized spacial score (nSPS) is 17.0. The monoisotopic (exact) mass is 450 g/mol. The maximum absolute atomic E-state index is 13.3. The molecule has 0 saturated carbocycles. The van der Waals surface area contributed by atoms with Gasteiger partial charge in [0.15, 0.2) is 11.5 Å². The summed E-state index contributed by atoms with van der Waals surface area (Å²) in [7, 11) is -3.77. The number of hydrogen-bond acceptors (Lipinski definition) is 5. The highest BCUT2D eigenvalue weighted by Crippen LogP contribution is 2.33. The number of para-hydroxylation sites is 3. The third kappa shape index (κ3) is 3.78. The van der Waals surface area contributed by atoms with Crippen LogP contribution in [0.3, 0.4) is 0 Å². The fourth-order valence-corrected chi connectivity index (χ4v) is 5.50. The fourth-order valence-electron chi connectivity index (χ4n) is 3.95. The molecular formula is C24H22N2O5S. The molecule has 32 heavy (non-hydrogen) atoms. The smallest absolute Gasteiger partial charge is 0.264 e. The number of sulfonamides is 1. The minimum atomic E-state index is -3.77. The van der Waals surface area contributed by atoms with Crippen LogP contribution in [-0.2, 0) is 16.4 Å². The van der Waals surface area contributed by atoms with Crippen LogP contribution in [0, 0.1) is 0 Å². The number of amides is 1. The number of nitrogens with zero attached hydrogens (tertiary/aromatic N) is 1. The summed E-state index contributed by atoms with van der Waals surface area (Å²) < 4.78 is 39.4. The van der Waals surface area contributed by atoms with Crippen molar-refractivity contribution in [3.63, 3.8) is 0 Å². The third-order valence-corrected chi connectivity index (χ3v) is 7.40. The molecule has 5 rings (SSSR count). The lowest BCUT2D eigenvalue weighted by atomic mass is 10.2. The number of nitrogens with one attached hydrogen (secondary N) is 1. The van der Waals surface area contributed by atoms with E-state index >= 15 is 0 Å². The minimum absolute atomic E-state index is 0.0908. The van der Waals surface area contributed by atoms with Gasteiger partial charge in [-0.15, -0.1) is 0 Å². The van der Waals surface area contributed by atoms with Gasteiger partial charge in [-0.1, -0.05) is 36.4 Å². The molecule has 0 unspecified atom stereocenters. The molecular weight excluding hydrogens is 428 g/mol. The highest BCUT2D eigenvalue weighted by molar-refractivity contribution is 7.92. The molecule has 2 aliphatic rings. The van der Waals surface area contributed by atoms with Crippen molar-refractivity contribution in [1.82, 2.24) is 5.32 Å². The zero-order valence-electron chi connectivity index (χ0n) is 17.2. The van der Waals surface area contributed by atoms with Crippen molar-refractivity contribution in [2.75, 3.05) is 24.0 Å². The molecule has 1 amide bonds. The summed E-state index contributed by atoms with van der Waals surface area (Å²) >= 11 is 0. The van der Waals surface area contributed by atoms with Crippen LogP contribution in [0.15, 0.2) is 77.7 Å². The van der Waals surface area contributed by atoms with Crippen LogP contribution >= 0.6 is 0 Å². The minimum Gasteiger partial charge on any atom is -0.486 e. The van der Waals surface area contributed by atoms with Crippen molar-refractivity contribution < 1.29 is 22.7 Å². The molecule has 0 bridgehead atoms. The highest BCUT2D eigenvalue weighted by atomic mass is 32.2. The molecule has 2 heterocycles. The van der Waals surface area contributed by atoms with Crippen molar-refractivity contribution in [1.29, 1.82) is 0 Å². The summed E-state index contributed by atoms with van der Waals surface area (Å²) in [4.78, 5) is 12.8. The van der Waals surface area contributed by atoms with E-state index in [-0.39, 0.29) is 29.0 Å². The van der Waals surface area contributed by atoms with Gasteiger partial charge in [0.1, 0.15) is 12.7 Å². The Kier molecular flexibility index (Phi) is 5.22. The highest BCUT2D eigenvalue weighted by Gasteiger charge is 2.31. The van der Waals surface area contributed by atoms with Gasteiger partial charge in [0, 0.05) is 12.1 Å². The SMILES string of the molecule is O=C(NC[C@H]1COc2ccccc2O1)c1cccc(S(=O)(=O)N2CCc3ccccc32)c1. The zero-order valence-corrected chi connectivity index (χ0v) is 18.0. The maximum Gasteiger partial charge on any atom is 0.264 e. The Hall–Kier alpha value is -3.52. The van der Waals surface area contributed by atoms with Crippen LogP contribution in [-0.4, -0.2) is 40.1 Å². The average Bonchev–Trinajstić information content (AvgIpc) is 3.27. The molecule has 0 aliphatic carbocycles. The van der Waals surface area contributed by atoms with Gasteiger partial charge in [0.2, 0.25) is 0 Å². The molecule has 0 fully saturated rings. The first-order valence-corrected chi connectivity index (χ1v) is 11.8. The number of carbonyl (C=O) groups is 1. The Balaban J connectivity index is 1.28. The number of benzene rings is 3. The second-order valence-corrected chi connectivity index (χ2v) is 9.55.